The van der Waals surface area contributed by atoms with Crippen LogP contribution in [0.25, 0.3) is 0 Å². The minimum Gasteiger partial charge on any atom is -0.357 e. The Kier molecular flexibility index (Phi) is 7.10. The maximum absolute atomic E-state index is 11.5. The number of nitrogens with zero attached hydrogens (tertiary/aromatic N) is 4. The fraction of sp³-hybridized carbons (Fsp3) is 0.619. The van der Waals surface area contributed by atoms with Crippen LogP contribution in [0.4, 0.5) is 0 Å². The first-order chi connectivity index (χ1) is 13.2. The highest BCUT2D eigenvalue weighted by Crippen LogP contribution is 2.18. The monoisotopic (exact) mass is 371 g/mol. The van der Waals surface area contributed by atoms with Crippen LogP contribution < -0.4 is 5.32 Å². The zero-order chi connectivity index (χ0) is 19.1. The molecule has 0 aliphatic carbocycles. The third kappa shape index (κ3) is 5.45. The van der Waals surface area contributed by atoms with Crippen LogP contribution in [0.3, 0.4) is 0 Å². The van der Waals surface area contributed by atoms with E-state index in [-0.39, 0.29) is 5.91 Å². The van der Waals surface area contributed by atoms with E-state index < -0.39 is 0 Å². The van der Waals surface area contributed by atoms with Gasteiger partial charge in [0.05, 0.1) is 0 Å². The molecule has 6 nitrogen and oxygen atoms in total. The standard InChI is InChI=1S/C21H33N5O/c1-3-22-21(26-15-13-25(14-16-26)18(2)27)23-10-6-11-24-12-9-19-7-4-5-8-20(19)17-24/h4-5,7-8H,3,6,9-17H2,1-2H3,(H,22,23). The lowest BCUT2D eigenvalue weighted by Crippen LogP contribution is -2.53. The van der Waals surface area contributed by atoms with Crippen LogP contribution in [0.2, 0.25) is 0 Å². The molecule has 2 heterocycles. The molecule has 0 saturated carbocycles. The SMILES string of the molecule is CCNC(=NCCCN1CCc2ccccc2C1)N1CCN(C(C)=O)CC1. The van der Waals surface area contributed by atoms with Crippen molar-refractivity contribution < 1.29 is 4.79 Å². The summed E-state index contributed by atoms with van der Waals surface area (Å²) < 4.78 is 0. The van der Waals surface area contributed by atoms with Crippen LogP contribution in [0.15, 0.2) is 29.3 Å². The smallest absolute Gasteiger partial charge is 0.219 e. The number of fused-ring (bicyclic) bond motifs is 1. The Morgan fingerprint density at radius 1 is 1.07 bits per heavy atom. The zero-order valence-electron chi connectivity index (χ0n) is 16.8. The summed E-state index contributed by atoms with van der Waals surface area (Å²) in [6.45, 7) is 12.0. The topological polar surface area (TPSA) is 51.2 Å². The molecule has 1 aromatic rings. The Labute approximate surface area is 163 Å². The van der Waals surface area contributed by atoms with Gasteiger partial charge in [0, 0.05) is 65.8 Å². The van der Waals surface area contributed by atoms with Crippen molar-refractivity contribution in [2.45, 2.75) is 33.2 Å². The van der Waals surface area contributed by atoms with E-state index in [0.717, 1.165) is 77.7 Å². The van der Waals surface area contributed by atoms with E-state index in [4.69, 9.17) is 4.99 Å². The number of amides is 1. The fourth-order valence-electron chi connectivity index (χ4n) is 3.88. The van der Waals surface area contributed by atoms with Crippen molar-refractivity contribution in [2.75, 3.05) is 52.4 Å². The number of piperazine rings is 1. The van der Waals surface area contributed by atoms with E-state index in [1.807, 2.05) is 4.90 Å². The van der Waals surface area contributed by atoms with Gasteiger partial charge in [-0.1, -0.05) is 24.3 Å². The number of carbonyl (C=O) groups is 1. The third-order valence-electron chi connectivity index (χ3n) is 5.46. The molecule has 0 unspecified atom stereocenters. The zero-order valence-corrected chi connectivity index (χ0v) is 16.8. The first-order valence-electron chi connectivity index (χ1n) is 10.2. The van der Waals surface area contributed by atoms with Crippen molar-refractivity contribution in [1.29, 1.82) is 0 Å². The second kappa shape index (κ2) is 9.74. The normalized spacial score (nSPS) is 18.4. The van der Waals surface area contributed by atoms with Crippen molar-refractivity contribution in [3.05, 3.63) is 35.4 Å². The van der Waals surface area contributed by atoms with E-state index in [9.17, 15) is 4.79 Å². The Morgan fingerprint density at radius 2 is 1.78 bits per heavy atom. The molecule has 1 saturated heterocycles. The quantitative estimate of drug-likeness (QED) is 0.485. The van der Waals surface area contributed by atoms with E-state index in [0.29, 0.717) is 0 Å². The van der Waals surface area contributed by atoms with Gasteiger partial charge < -0.3 is 15.1 Å². The molecule has 27 heavy (non-hydrogen) atoms. The van der Waals surface area contributed by atoms with Crippen LogP contribution >= 0.6 is 0 Å². The minimum atomic E-state index is 0.166. The molecule has 0 spiro atoms. The summed E-state index contributed by atoms with van der Waals surface area (Å²) in [6.07, 6.45) is 2.23. The predicted octanol–water partition coefficient (Wildman–Crippen LogP) is 1.56. The van der Waals surface area contributed by atoms with Crippen LogP contribution in [-0.4, -0.2) is 78.9 Å². The number of aliphatic imine (C=N–C) groups is 1. The molecule has 1 N–H and O–H groups in total. The average Bonchev–Trinajstić information content (AvgIpc) is 2.70. The Hall–Kier alpha value is -2.08. The van der Waals surface area contributed by atoms with Crippen LogP contribution in [0.1, 0.15) is 31.4 Å². The molecule has 3 rings (SSSR count). The van der Waals surface area contributed by atoms with Gasteiger partial charge in [0.2, 0.25) is 5.91 Å². The molecule has 1 fully saturated rings. The Balaban J connectivity index is 1.45. The van der Waals surface area contributed by atoms with Gasteiger partial charge in [-0.05, 0) is 30.9 Å². The van der Waals surface area contributed by atoms with Gasteiger partial charge in [-0.2, -0.15) is 0 Å². The lowest BCUT2D eigenvalue weighted by atomic mass is 10.00. The molecule has 0 radical (unpaired) electrons. The fourth-order valence-corrected chi connectivity index (χ4v) is 3.88. The highest BCUT2D eigenvalue weighted by atomic mass is 16.2. The van der Waals surface area contributed by atoms with Gasteiger partial charge in [-0.3, -0.25) is 14.7 Å². The molecular weight excluding hydrogens is 338 g/mol. The first-order valence-corrected chi connectivity index (χ1v) is 10.2. The van der Waals surface area contributed by atoms with E-state index in [2.05, 4.69) is 46.3 Å². The molecule has 1 amide bonds. The van der Waals surface area contributed by atoms with Gasteiger partial charge in [0.15, 0.2) is 5.96 Å². The summed E-state index contributed by atoms with van der Waals surface area (Å²) in [6, 6.07) is 8.79. The first kappa shape index (κ1) is 19.7. The van der Waals surface area contributed by atoms with Crippen LogP contribution in [0.5, 0.6) is 0 Å². The van der Waals surface area contributed by atoms with Crippen molar-refractivity contribution in [1.82, 2.24) is 20.0 Å². The highest BCUT2D eigenvalue weighted by Gasteiger charge is 2.21. The van der Waals surface area contributed by atoms with Crippen molar-refractivity contribution >= 4 is 11.9 Å². The number of benzene rings is 1. The predicted molar refractivity (Wildman–Crippen MR) is 110 cm³/mol. The van der Waals surface area contributed by atoms with Crippen LogP contribution in [-0.2, 0) is 17.8 Å². The number of guanidine groups is 1. The molecule has 0 bridgehead atoms. The minimum absolute atomic E-state index is 0.166. The molecule has 6 heteroatoms. The molecule has 0 aromatic heterocycles. The number of carbonyl (C=O) groups excluding carboxylic acids is 1. The number of hydrogen-bond acceptors (Lipinski definition) is 3. The van der Waals surface area contributed by atoms with E-state index >= 15 is 0 Å². The Morgan fingerprint density at radius 3 is 2.48 bits per heavy atom. The van der Waals surface area contributed by atoms with Gasteiger partial charge in [-0.15, -0.1) is 0 Å². The average molecular weight is 372 g/mol. The van der Waals surface area contributed by atoms with Gasteiger partial charge in [0.1, 0.15) is 0 Å². The number of nitrogens with one attached hydrogen (secondary N) is 1. The summed E-state index contributed by atoms with van der Waals surface area (Å²) >= 11 is 0. The van der Waals surface area contributed by atoms with Gasteiger partial charge in [-0.25, -0.2) is 0 Å². The van der Waals surface area contributed by atoms with Crippen molar-refractivity contribution in [3.63, 3.8) is 0 Å². The second-order valence-corrected chi connectivity index (χ2v) is 7.38. The summed E-state index contributed by atoms with van der Waals surface area (Å²) in [7, 11) is 0. The molecule has 1 aromatic carbocycles. The summed E-state index contributed by atoms with van der Waals surface area (Å²) in [5.41, 5.74) is 2.98. The maximum atomic E-state index is 11.5. The molecule has 2 aliphatic heterocycles. The van der Waals surface area contributed by atoms with Gasteiger partial charge >= 0.3 is 0 Å². The third-order valence-corrected chi connectivity index (χ3v) is 5.46. The van der Waals surface area contributed by atoms with E-state index in [1.165, 1.54) is 11.1 Å². The molecule has 148 valence electrons. The van der Waals surface area contributed by atoms with E-state index in [1.54, 1.807) is 6.92 Å². The summed E-state index contributed by atoms with van der Waals surface area (Å²) in [4.78, 5) is 23.1. The second-order valence-electron chi connectivity index (χ2n) is 7.38. The number of hydrogen-bond donors (Lipinski definition) is 1. The van der Waals surface area contributed by atoms with Gasteiger partial charge in [0.25, 0.3) is 0 Å². The molecule has 0 atom stereocenters. The largest absolute Gasteiger partial charge is 0.357 e. The lowest BCUT2D eigenvalue weighted by Gasteiger charge is -2.36. The highest BCUT2D eigenvalue weighted by molar-refractivity contribution is 5.80. The lowest BCUT2D eigenvalue weighted by molar-refractivity contribution is -0.130. The summed E-state index contributed by atoms with van der Waals surface area (Å²) in [5, 5.41) is 3.41. The molecular formula is C21H33N5O. The number of rotatable bonds is 5. The Bertz CT molecular complexity index is 652. The van der Waals surface area contributed by atoms with Crippen molar-refractivity contribution in [3.8, 4) is 0 Å². The molecule has 2 aliphatic rings. The van der Waals surface area contributed by atoms with Crippen LogP contribution in [0, 0.1) is 0 Å². The van der Waals surface area contributed by atoms with Crippen molar-refractivity contribution in [2.24, 2.45) is 4.99 Å². The summed E-state index contributed by atoms with van der Waals surface area (Å²) in [5.74, 6) is 1.16. The maximum Gasteiger partial charge on any atom is 0.219 e.